The topological polar surface area (TPSA) is 69.0 Å². The van der Waals surface area contributed by atoms with Gasteiger partial charge in [-0.15, -0.1) is 0 Å². The molecule has 0 bridgehead atoms. The van der Waals surface area contributed by atoms with Crippen LogP contribution in [0.5, 0.6) is 5.75 Å². The SMILES string of the molecule is CC(C(=O)Nc1nc2ccc(OC(F)F)cc2s1)n1nc(C(F)(F)F)c(Cl)c1C1CC1. The minimum atomic E-state index is -4.74. The summed E-state index contributed by atoms with van der Waals surface area (Å²) in [4.78, 5) is 16.9. The van der Waals surface area contributed by atoms with E-state index in [1.54, 1.807) is 0 Å². The van der Waals surface area contributed by atoms with Crippen LogP contribution in [0.15, 0.2) is 18.2 Å². The zero-order valence-corrected chi connectivity index (χ0v) is 17.3. The number of carbonyl (C=O) groups excluding carboxylic acids is 1. The van der Waals surface area contributed by atoms with Crippen molar-refractivity contribution in [3.8, 4) is 5.75 Å². The number of aromatic nitrogens is 3. The number of halogens is 6. The Labute approximate surface area is 181 Å². The number of hydrogen-bond donors (Lipinski definition) is 1. The normalized spacial score (nSPS) is 15.5. The maximum absolute atomic E-state index is 13.2. The van der Waals surface area contributed by atoms with E-state index in [2.05, 4.69) is 20.1 Å². The first-order chi connectivity index (χ1) is 14.5. The summed E-state index contributed by atoms with van der Waals surface area (Å²) in [6.07, 6.45) is -3.41. The number of amides is 1. The Morgan fingerprint density at radius 2 is 2.06 bits per heavy atom. The van der Waals surface area contributed by atoms with Gasteiger partial charge >= 0.3 is 12.8 Å². The number of fused-ring (bicyclic) bond motifs is 1. The quantitative estimate of drug-likeness (QED) is 0.450. The fourth-order valence-electron chi connectivity index (χ4n) is 3.08. The van der Waals surface area contributed by atoms with E-state index >= 15 is 0 Å². The molecule has 1 saturated carbocycles. The standard InChI is InChI=1S/C18H14ClF5N4O2S/c1-7(28-13(8-2-3-8)12(19)14(27-28)18(22,23)24)15(29)26-17-25-10-5-4-9(30-16(20)21)6-11(10)31-17/h4-8,16H,2-3H2,1H3,(H,25,26,29). The molecule has 1 aliphatic carbocycles. The minimum Gasteiger partial charge on any atom is -0.435 e. The van der Waals surface area contributed by atoms with Gasteiger partial charge < -0.3 is 10.1 Å². The number of thiazole rings is 1. The fraction of sp³-hybridized carbons (Fsp3) is 0.389. The molecule has 0 radical (unpaired) electrons. The van der Waals surface area contributed by atoms with E-state index in [0.29, 0.717) is 23.1 Å². The first-order valence-corrected chi connectivity index (χ1v) is 10.3. The van der Waals surface area contributed by atoms with E-state index in [9.17, 15) is 26.7 Å². The molecular formula is C18H14ClF5N4O2S. The molecule has 1 fully saturated rings. The molecule has 1 atom stereocenters. The predicted molar refractivity (Wildman–Crippen MR) is 104 cm³/mol. The Kier molecular flexibility index (Phi) is 5.54. The average molecular weight is 481 g/mol. The number of nitrogens with one attached hydrogen (secondary N) is 1. The number of carbonyl (C=O) groups is 1. The van der Waals surface area contributed by atoms with Crippen LogP contribution in [-0.2, 0) is 11.0 Å². The van der Waals surface area contributed by atoms with E-state index in [4.69, 9.17) is 11.6 Å². The molecule has 0 aliphatic heterocycles. The smallest absolute Gasteiger partial charge is 0.435 e. The van der Waals surface area contributed by atoms with Gasteiger partial charge in [-0.1, -0.05) is 22.9 Å². The first kappa shape index (κ1) is 21.8. The summed E-state index contributed by atoms with van der Waals surface area (Å²) in [6, 6.07) is 3.03. The lowest BCUT2D eigenvalue weighted by molar-refractivity contribution is -0.141. The van der Waals surface area contributed by atoms with Gasteiger partial charge in [0.05, 0.1) is 20.9 Å². The lowest BCUT2D eigenvalue weighted by atomic mass is 10.2. The van der Waals surface area contributed by atoms with Crippen LogP contribution in [0, 0.1) is 0 Å². The number of nitrogens with zero attached hydrogens (tertiary/aromatic N) is 3. The molecule has 1 aromatic carbocycles. The molecule has 2 heterocycles. The third kappa shape index (κ3) is 4.45. The van der Waals surface area contributed by atoms with Crippen LogP contribution in [-0.4, -0.2) is 27.3 Å². The van der Waals surface area contributed by atoms with Crippen molar-refractivity contribution in [3.63, 3.8) is 0 Å². The van der Waals surface area contributed by atoms with Gasteiger partial charge in [-0.25, -0.2) is 4.98 Å². The van der Waals surface area contributed by atoms with Crippen molar-refractivity contribution < 1.29 is 31.5 Å². The molecule has 2 aromatic heterocycles. The highest BCUT2D eigenvalue weighted by molar-refractivity contribution is 7.22. The Morgan fingerprint density at radius 1 is 1.35 bits per heavy atom. The van der Waals surface area contributed by atoms with Gasteiger partial charge in [0.15, 0.2) is 10.8 Å². The molecule has 1 amide bonds. The Hall–Kier alpha value is -2.47. The highest BCUT2D eigenvalue weighted by Gasteiger charge is 2.43. The Balaban J connectivity index is 1.58. The minimum absolute atomic E-state index is 0.0580. The summed E-state index contributed by atoms with van der Waals surface area (Å²) in [6.45, 7) is -1.57. The summed E-state index contributed by atoms with van der Waals surface area (Å²) in [7, 11) is 0. The van der Waals surface area contributed by atoms with Crippen molar-refractivity contribution in [2.75, 3.05) is 5.32 Å². The van der Waals surface area contributed by atoms with Crippen LogP contribution < -0.4 is 10.1 Å². The zero-order chi connectivity index (χ0) is 22.5. The molecule has 3 aromatic rings. The monoisotopic (exact) mass is 480 g/mol. The molecule has 1 unspecified atom stereocenters. The van der Waals surface area contributed by atoms with Crippen molar-refractivity contribution in [2.45, 2.75) is 44.5 Å². The molecule has 0 spiro atoms. The molecule has 13 heteroatoms. The number of anilines is 1. The van der Waals surface area contributed by atoms with Crippen LogP contribution in [0.2, 0.25) is 5.02 Å². The number of benzene rings is 1. The van der Waals surface area contributed by atoms with E-state index in [-0.39, 0.29) is 22.5 Å². The molecular weight excluding hydrogens is 467 g/mol. The average Bonchev–Trinajstić information content (AvgIpc) is 3.32. The lowest BCUT2D eigenvalue weighted by Crippen LogP contribution is -2.26. The van der Waals surface area contributed by atoms with Crippen molar-refractivity contribution in [2.24, 2.45) is 0 Å². The van der Waals surface area contributed by atoms with Gasteiger partial charge in [-0.3, -0.25) is 9.48 Å². The predicted octanol–water partition coefficient (Wildman–Crippen LogP) is 5.84. The van der Waals surface area contributed by atoms with Crippen molar-refractivity contribution in [1.82, 2.24) is 14.8 Å². The van der Waals surface area contributed by atoms with Crippen molar-refractivity contribution >= 4 is 44.2 Å². The second kappa shape index (κ2) is 7.90. The fourth-order valence-corrected chi connectivity index (χ4v) is 4.37. The van der Waals surface area contributed by atoms with Gasteiger partial charge in [0.25, 0.3) is 5.91 Å². The van der Waals surface area contributed by atoms with Gasteiger partial charge in [0, 0.05) is 5.92 Å². The molecule has 31 heavy (non-hydrogen) atoms. The van der Waals surface area contributed by atoms with Crippen LogP contribution in [0.4, 0.5) is 27.1 Å². The summed E-state index contributed by atoms with van der Waals surface area (Å²) in [5.41, 5.74) is -0.591. The van der Waals surface area contributed by atoms with Crippen molar-refractivity contribution in [3.05, 3.63) is 34.6 Å². The lowest BCUT2D eigenvalue weighted by Gasteiger charge is -2.14. The number of ether oxygens (including phenoxy) is 1. The molecule has 1 aliphatic rings. The number of hydrogen-bond acceptors (Lipinski definition) is 5. The van der Waals surface area contributed by atoms with Gasteiger partial charge in [0.1, 0.15) is 11.8 Å². The van der Waals surface area contributed by atoms with Crippen LogP contribution >= 0.6 is 22.9 Å². The largest absolute Gasteiger partial charge is 0.436 e. The summed E-state index contributed by atoms with van der Waals surface area (Å²) >= 11 is 6.96. The number of alkyl halides is 5. The van der Waals surface area contributed by atoms with Crippen molar-refractivity contribution in [1.29, 1.82) is 0 Å². The summed E-state index contributed by atoms with van der Waals surface area (Å²) in [5, 5.41) is 5.79. The molecule has 4 rings (SSSR count). The van der Waals surface area contributed by atoms with E-state index < -0.39 is 35.5 Å². The number of rotatable bonds is 6. The second-order valence-electron chi connectivity index (χ2n) is 6.96. The Bertz CT molecular complexity index is 1140. The summed E-state index contributed by atoms with van der Waals surface area (Å²) in [5.74, 6) is -0.878. The van der Waals surface area contributed by atoms with E-state index in [0.717, 1.165) is 16.0 Å². The third-order valence-corrected chi connectivity index (χ3v) is 5.99. The second-order valence-corrected chi connectivity index (χ2v) is 8.37. The highest BCUT2D eigenvalue weighted by Crippen LogP contribution is 2.47. The Morgan fingerprint density at radius 3 is 2.68 bits per heavy atom. The third-order valence-electron chi connectivity index (χ3n) is 4.68. The molecule has 166 valence electrons. The van der Waals surface area contributed by atoms with Crippen LogP contribution in [0.1, 0.15) is 43.1 Å². The maximum Gasteiger partial charge on any atom is 0.436 e. The van der Waals surface area contributed by atoms with E-state index in [1.165, 1.54) is 25.1 Å². The van der Waals surface area contributed by atoms with E-state index in [1.807, 2.05) is 0 Å². The van der Waals surface area contributed by atoms with Crippen LogP contribution in [0.3, 0.4) is 0 Å². The zero-order valence-electron chi connectivity index (χ0n) is 15.7. The van der Waals surface area contributed by atoms with Gasteiger partial charge in [-0.05, 0) is 38.0 Å². The van der Waals surface area contributed by atoms with Crippen LogP contribution in [0.25, 0.3) is 10.2 Å². The first-order valence-electron chi connectivity index (χ1n) is 9.06. The summed E-state index contributed by atoms with van der Waals surface area (Å²) < 4.78 is 70.3. The van der Waals surface area contributed by atoms with Gasteiger partial charge in [-0.2, -0.15) is 27.1 Å². The molecule has 0 saturated heterocycles. The highest BCUT2D eigenvalue weighted by atomic mass is 35.5. The molecule has 6 nitrogen and oxygen atoms in total. The maximum atomic E-state index is 13.2. The molecule has 1 N–H and O–H groups in total. The van der Waals surface area contributed by atoms with Gasteiger partial charge in [0.2, 0.25) is 0 Å².